The Morgan fingerprint density at radius 3 is 2.48 bits per heavy atom. The van der Waals surface area contributed by atoms with Crippen LogP contribution in [0.25, 0.3) is 0 Å². The third-order valence-corrected chi connectivity index (χ3v) is 23.3. The van der Waals surface area contributed by atoms with Crippen molar-refractivity contribution in [3.63, 3.8) is 0 Å². The number of ether oxygens (including phenoxy) is 2. The molecule has 11 aliphatic rings. The van der Waals surface area contributed by atoms with Crippen LogP contribution in [0.3, 0.4) is 0 Å². The molecule has 432 valence electrons. The van der Waals surface area contributed by atoms with Gasteiger partial charge in [-0.15, -0.1) is 0 Å². The van der Waals surface area contributed by atoms with Crippen LogP contribution in [-0.4, -0.2) is 82.5 Å². The van der Waals surface area contributed by atoms with Crippen LogP contribution >= 0.6 is 0 Å². The molecule has 13 atom stereocenters. The Morgan fingerprint density at radius 1 is 0.866 bits per heavy atom. The number of fused-ring (bicyclic) bond motifs is 10. The Morgan fingerprint density at radius 2 is 1.68 bits per heavy atom. The Kier molecular flexibility index (Phi) is 13.6. The van der Waals surface area contributed by atoms with Crippen LogP contribution in [0.5, 0.6) is 17.2 Å². The molecule has 2 spiro atoms. The maximum atomic E-state index is 15.9. The van der Waals surface area contributed by atoms with Crippen LogP contribution in [0.4, 0.5) is 0 Å². The van der Waals surface area contributed by atoms with E-state index in [1.807, 2.05) is 12.1 Å². The number of aliphatic hydroxyl groups excluding tert-OH is 3. The number of benzene rings is 3. The van der Waals surface area contributed by atoms with Gasteiger partial charge in [-0.05, 0) is 184 Å². The number of aliphatic hydroxyl groups is 3. The number of phenols is 2. The number of allylic oxidation sites excluding steroid dienone is 5. The normalized spacial score (nSPS) is 36.9. The zero-order valence-corrected chi connectivity index (χ0v) is 48.2. The van der Waals surface area contributed by atoms with Crippen molar-refractivity contribution >= 4 is 11.7 Å². The van der Waals surface area contributed by atoms with Crippen LogP contribution in [0.1, 0.15) is 186 Å². The lowest BCUT2D eigenvalue weighted by Crippen LogP contribution is -2.61. The summed E-state index contributed by atoms with van der Waals surface area (Å²) in [4.78, 5) is 21.4. The molecule has 13 unspecified atom stereocenters. The van der Waals surface area contributed by atoms with Crippen LogP contribution < -0.4 is 15.8 Å². The van der Waals surface area contributed by atoms with Gasteiger partial charge in [0, 0.05) is 70.1 Å². The molecule has 0 amide bonds. The van der Waals surface area contributed by atoms with E-state index in [0.717, 1.165) is 141 Å². The summed E-state index contributed by atoms with van der Waals surface area (Å²) in [5, 5.41) is 65.9. The topological polar surface area (TPSA) is 187 Å². The number of aromatic hydroxyl groups is 2. The summed E-state index contributed by atoms with van der Waals surface area (Å²) in [6.45, 7) is 1.84. The van der Waals surface area contributed by atoms with E-state index in [4.69, 9.17) is 20.2 Å². The van der Waals surface area contributed by atoms with Crippen molar-refractivity contribution in [1.82, 2.24) is 5.32 Å². The van der Waals surface area contributed by atoms with Gasteiger partial charge in [-0.2, -0.15) is 0 Å². The number of phenolic OH excluding ortho intramolecular Hbond substituents is 2. The number of nitrogens with zero attached hydrogens (tertiary/aromatic N) is 1. The quantitative estimate of drug-likeness (QED) is 0.0925. The van der Waals surface area contributed by atoms with E-state index in [-0.39, 0.29) is 85.3 Å². The van der Waals surface area contributed by atoms with Gasteiger partial charge in [0.1, 0.15) is 5.75 Å². The maximum Gasteiger partial charge on any atom is 0.189 e. The number of nitrogens with one attached hydrogen (secondary N) is 1. The average molecular weight is 1110 g/mol. The van der Waals surface area contributed by atoms with Crippen molar-refractivity contribution in [2.45, 2.75) is 183 Å². The molecule has 10 aliphatic carbocycles. The van der Waals surface area contributed by atoms with Gasteiger partial charge in [0.05, 0.1) is 43.6 Å². The van der Waals surface area contributed by atoms with E-state index < -0.39 is 45.1 Å². The van der Waals surface area contributed by atoms with Gasteiger partial charge in [0.15, 0.2) is 23.2 Å². The molecule has 14 rings (SSSR count). The van der Waals surface area contributed by atoms with E-state index in [1.165, 1.54) is 11.1 Å². The van der Waals surface area contributed by atoms with Crippen LogP contribution in [0.15, 0.2) is 101 Å². The van der Waals surface area contributed by atoms with E-state index in [0.29, 0.717) is 43.8 Å². The predicted molar refractivity (Wildman–Crippen MR) is 317 cm³/mol. The zero-order valence-electron chi connectivity index (χ0n) is 48.2. The minimum Gasteiger partial charge on any atom is -0.508 e. The van der Waals surface area contributed by atoms with Gasteiger partial charge in [-0.25, -0.2) is 4.99 Å². The number of guanidine groups is 1. The SMILES string of the molecule is COC1CCC23CC(C)CC45C=CC6CC7CC8(CO)C=CCCC8C(CO)=C7C(=O)CC6c6cc(OC7CCCC7)c(O)c7c6C#CCC(CC(CO)(C=C42)C1C73)N=C(N)NC1(CCCCC1)c1cccc(c1)Cc1cc(O)cc5c1. The number of hydrogen-bond donors (Lipinski definition) is 7. The van der Waals surface area contributed by atoms with Gasteiger partial charge in [-0.3, -0.25) is 4.79 Å². The molecule has 82 heavy (non-hydrogen) atoms. The first-order valence-corrected chi connectivity index (χ1v) is 31.6. The lowest BCUT2D eigenvalue weighted by atomic mass is 9.38. The number of rotatable bonds is 6. The zero-order chi connectivity index (χ0) is 56.3. The molecule has 8 N–H and O–H groups in total. The van der Waals surface area contributed by atoms with Crippen LogP contribution in [0, 0.1) is 57.7 Å². The third-order valence-electron chi connectivity index (χ3n) is 23.3. The molecule has 5 saturated carbocycles. The number of carbonyl (C=O) groups excluding carboxylic acids is 1. The molecule has 5 fully saturated rings. The van der Waals surface area contributed by atoms with Gasteiger partial charge in [-0.1, -0.05) is 104 Å². The van der Waals surface area contributed by atoms with Crippen LogP contribution in [0.2, 0.25) is 0 Å². The first-order valence-electron chi connectivity index (χ1n) is 31.6. The van der Waals surface area contributed by atoms with Crippen molar-refractivity contribution in [3.05, 3.63) is 135 Å². The molecular weight excluding hydrogens is 1020 g/mol. The third kappa shape index (κ3) is 8.47. The molecule has 11 nitrogen and oxygen atoms in total. The first-order chi connectivity index (χ1) is 39.8. The molecular formula is C71H85N3O8. The summed E-state index contributed by atoms with van der Waals surface area (Å²) in [5.74, 6) is 6.88. The van der Waals surface area contributed by atoms with Gasteiger partial charge in [0.25, 0.3) is 0 Å². The van der Waals surface area contributed by atoms with E-state index in [2.05, 4.69) is 90.9 Å². The molecule has 14 bridgehead atoms. The predicted octanol–water partition coefficient (Wildman–Crippen LogP) is 11.3. The molecule has 3 aromatic rings. The highest BCUT2D eigenvalue weighted by Crippen LogP contribution is 2.74. The molecule has 1 heterocycles. The van der Waals surface area contributed by atoms with Gasteiger partial charge < -0.3 is 46.1 Å². The smallest absolute Gasteiger partial charge is 0.189 e. The number of methoxy groups -OCH3 is 1. The minimum absolute atomic E-state index is 0.0211. The van der Waals surface area contributed by atoms with Crippen molar-refractivity contribution in [2.24, 2.45) is 56.6 Å². The molecule has 0 radical (unpaired) electrons. The van der Waals surface area contributed by atoms with Gasteiger partial charge >= 0.3 is 0 Å². The number of Topliss-reactive ketones (excluding diaryl/α,β-unsaturated/α-hetero) is 1. The summed E-state index contributed by atoms with van der Waals surface area (Å²) in [6.07, 6.45) is 27.4. The second-order valence-corrected chi connectivity index (χ2v) is 27.9. The Balaban J connectivity index is 1.11. The van der Waals surface area contributed by atoms with Crippen molar-refractivity contribution in [3.8, 4) is 29.1 Å². The van der Waals surface area contributed by atoms with Crippen molar-refractivity contribution in [2.75, 3.05) is 26.9 Å². The molecule has 11 heteroatoms. The van der Waals surface area contributed by atoms with E-state index in [1.54, 1.807) is 7.11 Å². The number of ketones is 1. The molecule has 3 aromatic carbocycles. The minimum atomic E-state index is -0.980. The number of nitrogens with two attached hydrogens (primary N) is 1. The summed E-state index contributed by atoms with van der Waals surface area (Å²) in [6, 6.07) is 16.8. The van der Waals surface area contributed by atoms with Crippen molar-refractivity contribution in [1.29, 1.82) is 0 Å². The summed E-state index contributed by atoms with van der Waals surface area (Å²) in [5.41, 5.74) is 13.2. The van der Waals surface area contributed by atoms with Crippen LogP contribution in [-0.2, 0) is 26.9 Å². The summed E-state index contributed by atoms with van der Waals surface area (Å²) < 4.78 is 14.0. The lowest BCUT2D eigenvalue weighted by Gasteiger charge is -2.66. The Labute approximate surface area is 484 Å². The highest BCUT2D eigenvalue weighted by atomic mass is 16.5. The first kappa shape index (κ1) is 54.3. The summed E-state index contributed by atoms with van der Waals surface area (Å²) >= 11 is 0. The standard InChI is InChI=1S/C71H85N3O8/c1-42-34-69-24-19-45-30-46-36-67(40-76)21-9-6-18-56(67)55(39-75)61(46)57(79)32-53(45)54-33-59(82-51-15-4-5-16-51)65(80)62-52(54)17-11-14-49(37-68(41-77)38-60(69)70(35-42)25-20-58(81-2)63(68)64(62)70)73-66(72)74-71(22-7-3-8-23-71)47-13-10-12-43(27-47)26-44-28-48(69)31-50(78)29-44/h9-10,12-13,19,21,24,27-29,31,33,38,42,45-46,49,51,53,56,58,63-64,75-78,80H,3-8,14-16,18,20,22-23,25-26,30,32,34-37,39-41H2,1-2H3,(H3,72,73,74). The highest BCUT2D eigenvalue weighted by Gasteiger charge is 2.67. The lowest BCUT2D eigenvalue weighted by molar-refractivity contribution is -0.116. The molecule has 1 aliphatic heterocycles. The van der Waals surface area contributed by atoms with Crippen molar-refractivity contribution < 1.29 is 39.8 Å². The fourth-order valence-corrected chi connectivity index (χ4v) is 20.2. The monoisotopic (exact) mass is 1110 g/mol. The van der Waals surface area contributed by atoms with E-state index >= 15 is 4.79 Å². The highest BCUT2D eigenvalue weighted by molar-refractivity contribution is 5.98. The fraction of sp³-hybridized carbons (Fsp3) is 0.577. The average Bonchev–Trinajstić information content (AvgIpc) is 1.02. The number of aliphatic imine (C=N–C) groups is 1. The second kappa shape index (κ2) is 20.6. The molecule has 0 aromatic heterocycles. The summed E-state index contributed by atoms with van der Waals surface area (Å²) in [7, 11) is 1.80. The Bertz CT molecular complexity index is 3290. The second-order valence-electron chi connectivity index (χ2n) is 27.9. The number of carbonyl (C=O) groups is 1. The van der Waals surface area contributed by atoms with E-state index in [9.17, 15) is 25.5 Å². The number of hydrogen-bond acceptors (Lipinski definition) is 11. The van der Waals surface area contributed by atoms with Gasteiger partial charge in [0.2, 0.25) is 0 Å². The fourth-order valence-electron chi connectivity index (χ4n) is 20.2. The molecule has 0 saturated heterocycles. The maximum absolute atomic E-state index is 15.9. The Hall–Kier alpha value is -5.64. The largest absolute Gasteiger partial charge is 0.508 e.